The molecule has 0 bridgehead atoms. The molecule has 0 aliphatic heterocycles. The van der Waals surface area contributed by atoms with Gasteiger partial charge >= 0.3 is 6.16 Å². The first-order valence-electron chi connectivity index (χ1n) is 4.61. The lowest BCUT2D eigenvalue weighted by Gasteiger charge is -2.14. The Kier molecular flexibility index (Phi) is 57.0. The normalized spacial score (nSPS) is 10.2. The number of carbonyl (C=O) groups is 1. The fourth-order valence-electron chi connectivity index (χ4n) is 0.673. The molecule has 6 heteroatoms. The fourth-order valence-corrected chi connectivity index (χ4v) is 0.673. The van der Waals surface area contributed by atoms with Gasteiger partial charge in [-0.3, -0.25) is 0 Å². The second kappa shape index (κ2) is 26.7. The van der Waals surface area contributed by atoms with Gasteiger partial charge in [0.15, 0.2) is 0 Å². The van der Waals surface area contributed by atoms with Crippen molar-refractivity contribution in [1.82, 2.24) is 0 Å². The lowest BCUT2D eigenvalue weighted by molar-refractivity contribution is -0.0209. The number of ether oxygens (including phenoxy) is 3. The van der Waals surface area contributed by atoms with Crippen molar-refractivity contribution < 1.29 is 29.6 Å². The molecule has 0 aromatic rings. The van der Waals surface area contributed by atoms with Crippen molar-refractivity contribution >= 4 is 6.16 Å². The van der Waals surface area contributed by atoms with E-state index in [0.29, 0.717) is 6.42 Å². The van der Waals surface area contributed by atoms with E-state index in [9.17, 15) is 4.79 Å². The van der Waals surface area contributed by atoms with Gasteiger partial charge in [-0.2, -0.15) is 0 Å². The van der Waals surface area contributed by atoms with Gasteiger partial charge in [-0.25, -0.2) is 4.79 Å². The predicted molar refractivity (Wildman–Crippen MR) is 87.3 cm³/mol. The van der Waals surface area contributed by atoms with Gasteiger partial charge in [0, 0.05) is 7.11 Å². The minimum atomic E-state index is -0.769. The van der Waals surface area contributed by atoms with Crippen LogP contribution in [0.5, 0.6) is 0 Å². The Hall–Kier alpha value is -0.850. The van der Waals surface area contributed by atoms with Gasteiger partial charge in [-0.05, 0) is 13.3 Å². The summed E-state index contributed by atoms with van der Waals surface area (Å²) < 4.78 is 14.4. The highest BCUT2D eigenvalue weighted by Gasteiger charge is 2.13. The van der Waals surface area contributed by atoms with Crippen LogP contribution in [0.4, 0.5) is 4.79 Å². The van der Waals surface area contributed by atoms with Crippen molar-refractivity contribution in [3.05, 3.63) is 0 Å². The van der Waals surface area contributed by atoms with Crippen molar-refractivity contribution in [3.63, 3.8) is 0 Å². The van der Waals surface area contributed by atoms with Gasteiger partial charge in [0.1, 0.15) is 12.7 Å². The van der Waals surface area contributed by atoms with Crippen LogP contribution in [0.25, 0.3) is 0 Å². The minimum Gasteiger partial charge on any atom is -0.432 e. The quantitative estimate of drug-likeness (QED) is 0.759. The zero-order valence-corrected chi connectivity index (χ0v) is 9.36. The number of carbonyl (C=O) groups excluding carboxylic acids is 1. The summed E-state index contributed by atoms with van der Waals surface area (Å²) in [4.78, 5) is 11.0. The maximum atomic E-state index is 11.0. The number of rotatable bonds is 6. The maximum Gasteiger partial charge on any atom is 0.508 e. The molecule has 0 radical (unpaired) electrons. The summed E-state index contributed by atoms with van der Waals surface area (Å²) in [6.07, 6.45) is -0.849. The molecule has 20 heavy (non-hydrogen) atoms. The molecule has 0 aliphatic carbocycles. The molecule has 0 amide bonds. The molecule has 2 atom stereocenters. The number of hydrogen-bond donors (Lipinski definition) is 1. The molecule has 0 spiro atoms. The van der Waals surface area contributed by atoms with E-state index in [2.05, 4.69) is 0 Å². The molecule has 132 valence electrons. The minimum absolute atomic E-state index is 0. The molecular weight excluding hydrogens is 264 g/mol. The van der Waals surface area contributed by atoms with E-state index in [1.165, 1.54) is 7.11 Å². The van der Waals surface area contributed by atoms with E-state index in [0.717, 1.165) is 0 Å². The second-order valence-corrected chi connectivity index (χ2v) is 2.94. The van der Waals surface area contributed by atoms with Crippen LogP contribution in [-0.2, 0) is 14.2 Å². The van der Waals surface area contributed by atoms with Crippen molar-refractivity contribution in [1.29, 1.82) is 0 Å². The summed E-state index contributed by atoms with van der Waals surface area (Å²) in [5, 5.41) is 8.74. The molecule has 0 saturated carbocycles. The summed E-state index contributed by atoms with van der Waals surface area (Å²) in [6, 6.07) is 0. The number of aliphatic hydroxyl groups is 1. The first kappa shape index (κ1) is 42.7. The zero-order chi connectivity index (χ0) is 11.0. The van der Waals surface area contributed by atoms with Crippen LogP contribution < -0.4 is 0 Å². The van der Waals surface area contributed by atoms with Gasteiger partial charge in [-0.1, -0.05) is 44.1 Å². The van der Waals surface area contributed by atoms with Crippen LogP contribution in [0, 0.1) is 0 Å². The summed E-state index contributed by atoms with van der Waals surface area (Å²) in [5.74, 6) is 0. The SMILES string of the molecule is C.C.C.C.C.CCC(CO)OC(=O)OCC(C)OC.O. The molecule has 0 fully saturated rings. The summed E-state index contributed by atoms with van der Waals surface area (Å²) in [7, 11) is 1.53. The number of methoxy groups -OCH3 is 1. The number of hydrogen-bond acceptors (Lipinski definition) is 5. The molecule has 0 saturated heterocycles. The molecule has 0 aromatic carbocycles. The van der Waals surface area contributed by atoms with E-state index in [4.69, 9.17) is 19.3 Å². The van der Waals surface area contributed by atoms with Gasteiger partial charge in [0.25, 0.3) is 0 Å². The average molecular weight is 304 g/mol. The second-order valence-electron chi connectivity index (χ2n) is 2.94. The smallest absolute Gasteiger partial charge is 0.432 e. The highest BCUT2D eigenvalue weighted by atomic mass is 16.7. The lowest BCUT2D eigenvalue weighted by Crippen LogP contribution is -2.24. The Labute approximate surface area is 126 Å². The van der Waals surface area contributed by atoms with Crippen molar-refractivity contribution in [2.45, 2.75) is 69.6 Å². The van der Waals surface area contributed by atoms with Crippen LogP contribution in [-0.4, -0.2) is 49.3 Å². The lowest BCUT2D eigenvalue weighted by atomic mass is 10.3. The zero-order valence-electron chi connectivity index (χ0n) is 9.36. The largest absolute Gasteiger partial charge is 0.508 e. The summed E-state index contributed by atoms with van der Waals surface area (Å²) in [6.45, 7) is 3.55. The third-order valence-corrected chi connectivity index (χ3v) is 1.76. The molecule has 6 nitrogen and oxygen atoms in total. The van der Waals surface area contributed by atoms with E-state index in [1.807, 2.05) is 6.92 Å². The Morgan fingerprint density at radius 1 is 1.15 bits per heavy atom. The summed E-state index contributed by atoms with van der Waals surface area (Å²) >= 11 is 0. The Morgan fingerprint density at radius 2 is 1.60 bits per heavy atom. The Bertz CT molecular complexity index is 160. The van der Waals surface area contributed by atoms with Crippen molar-refractivity contribution in [2.75, 3.05) is 20.3 Å². The molecule has 0 heterocycles. The van der Waals surface area contributed by atoms with E-state index >= 15 is 0 Å². The fraction of sp³-hybridized carbons (Fsp3) is 0.929. The van der Waals surface area contributed by atoms with Gasteiger partial charge in [-0.15, -0.1) is 0 Å². The Morgan fingerprint density at radius 3 is 1.90 bits per heavy atom. The van der Waals surface area contributed by atoms with Crippen molar-refractivity contribution in [3.8, 4) is 0 Å². The molecule has 2 unspecified atom stereocenters. The molecular formula is C14H40O6. The monoisotopic (exact) mass is 304 g/mol. The average Bonchev–Trinajstić information content (AvgIpc) is 2.22. The third kappa shape index (κ3) is 22.3. The van der Waals surface area contributed by atoms with Crippen LogP contribution >= 0.6 is 0 Å². The van der Waals surface area contributed by atoms with Gasteiger partial charge in [0.05, 0.1) is 12.7 Å². The van der Waals surface area contributed by atoms with Crippen LogP contribution in [0.2, 0.25) is 0 Å². The highest BCUT2D eigenvalue weighted by molar-refractivity contribution is 5.60. The highest BCUT2D eigenvalue weighted by Crippen LogP contribution is 2.00. The van der Waals surface area contributed by atoms with E-state index in [1.54, 1.807) is 6.92 Å². The standard InChI is InChI=1S/C9H18O5.5CH4.H2O/c1-4-8(5-10)14-9(11)13-6-7(2)12-3;;;;;;/h7-8,10H,4-6H2,1-3H3;5*1H4;1H2. The molecule has 0 rings (SSSR count). The number of aliphatic hydroxyl groups excluding tert-OH is 1. The van der Waals surface area contributed by atoms with E-state index in [-0.39, 0.29) is 61.9 Å². The van der Waals surface area contributed by atoms with Gasteiger partial charge < -0.3 is 24.8 Å². The molecule has 0 aliphatic rings. The first-order chi connectivity index (χ1) is 6.63. The van der Waals surface area contributed by atoms with Crippen LogP contribution in [0.3, 0.4) is 0 Å². The topological polar surface area (TPSA) is 96.5 Å². The first-order valence-corrected chi connectivity index (χ1v) is 4.61. The Balaban J connectivity index is -0.0000000563. The van der Waals surface area contributed by atoms with E-state index < -0.39 is 12.3 Å². The van der Waals surface area contributed by atoms with Crippen LogP contribution in [0.1, 0.15) is 57.4 Å². The maximum absolute atomic E-state index is 11.0. The predicted octanol–water partition coefficient (Wildman–Crippen LogP) is 3.30. The summed E-state index contributed by atoms with van der Waals surface area (Å²) in [5.41, 5.74) is 0. The van der Waals surface area contributed by atoms with Gasteiger partial charge in [0.2, 0.25) is 0 Å². The van der Waals surface area contributed by atoms with Crippen LogP contribution in [0.15, 0.2) is 0 Å². The third-order valence-electron chi connectivity index (χ3n) is 1.76. The van der Waals surface area contributed by atoms with Crippen molar-refractivity contribution in [2.24, 2.45) is 0 Å². The molecule has 3 N–H and O–H groups in total. The molecule has 0 aromatic heterocycles.